The molecule has 1 aromatic rings. The van der Waals surface area contributed by atoms with Crippen LogP contribution in [0.2, 0.25) is 0 Å². The highest BCUT2D eigenvalue weighted by Gasteiger charge is 2.50. The number of nitrogens with two attached hydrogens (primary N) is 1. The second-order valence-electron chi connectivity index (χ2n) is 9.62. The summed E-state index contributed by atoms with van der Waals surface area (Å²) in [4.78, 5) is 13.7. The number of pyridine rings is 1. The van der Waals surface area contributed by atoms with E-state index < -0.39 is 6.61 Å². The van der Waals surface area contributed by atoms with Crippen molar-refractivity contribution < 1.29 is 18.3 Å². The molecule has 1 aliphatic carbocycles. The van der Waals surface area contributed by atoms with Crippen molar-refractivity contribution in [3.05, 3.63) is 17.8 Å². The summed E-state index contributed by atoms with van der Waals surface area (Å²) in [5.74, 6) is 1.41. The molecule has 5 rings (SSSR count). The summed E-state index contributed by atoms with van der Waals surface area (Å²) >= 11 is 0. The minimum absolute atomic E-state index is 0.0844. The Kier molecular flexibility index (Phi) is 6.22. The van der Waals surface area contributed by atoms with Gasteiger partial charge in [-0.05, 0) is 31.2 Å². The van der Waals surface area contributed by atoms with Crippen LogP contribution in [0, 0.1) is 17.2 Å². The molecule has 3 unspecified atom stereocenters. The van der Waals surface area contributed by atoms with E-state index in [-0.39, 0.29) is 17.6 Å². The Bertz CT molecular complexity index is 920. The monoisotopic (exact) mass is 462 g/mol. The first-order valence-electron chi connectivity index (χ1n) is 11.9. The highest BCUT2D eigenvalue weighted by Crippen LogP contribution is 2.38. The molecular weight excluding hydrogens is 430 g/mol. The summed E-state index contributed by atoms with van der Waals surface area (Å²) in [5, 5.41) is 8.84. The zero-order valence-electron chi connectivity index (χ0n) is 18.9. The molecule has 0 bridgehead atoms. The Hall–Kier alpha value is -2.33. The van der Waals surface area contributed by atoms with Crippen LogP contribution in [0.25, 0.3) is 0 Å². The number of halogens is 2. The van der Waals surface area contributed by atoms with E-state index in [1.807, 2.05) is 0 Å². The maximum atomic E-state index is 12.8. The van der Waals surface area contributed by atoms with Crippen molar-refractivity contribution in [1.29, 1.82) is 5.41 Å². The van der Waals surface area contributed by atoms with Gasteiger partial charge in [-0.1, -0.05) is 6.92 Å². The van der Waals surface area contributed by atoms with Gasteiger partial charge in [0.2, 0.25) is 0 Å². The topological polar surface area (TPSA) is 100 Å². The zero-order chi connectivity index (χ0) is 23.1. The van der Waals surface area contributed by atoms with Gasteiger partial charge in [0.25, 0.3) is 0 Å². The minimum atomic E-state index is -2.98. The zero-order valence-corrected chi connectivity index (χ0v) is 18.9. The van der Waals surface area contributed by atoms with E-state index in [9.17, 15) is 8.78 Å². The lowest BCUT2D eigenvalue weighted by molar-refractivity contribution is -0.120. The van der Waals surface area contributed by atoms with Crippen LogP contribution < -0.4 is 10.5 Å². The molecule has 0 amide bonds. The highest BCUT2D eigenvalue weighted by atomic mass is 19.3. The average Bonchev–Trinajstić information content (AvgIpc) is 3.52. The lowest BCUT2D eigenvalue weighted by Crippen LogP contribution is -2.64. The number of alkyl halides is 2. The molecule has 4 fully saturated rings. The number of rotatable bonds is 9. The Morgan fingerprint density at radius 2 is 2.12 bits per heavy atom. The molecule has 180 valence electrons. The number of amidine groups is 1. The van der Waals surface area contributed by atoms with Gasteiger partial charge in [-0.2, -0.15) is 8.78 Å². The van der Waals surface area contributed by atoms with Gasteiger partial charge in [-0.15, -0.1) is 0 Å². The molecule has 3 N–H and O–H groups in total. The standard InChI is InChI=1S/C23H32F2N6O2/c1-2-17(13-3-4-13)29-18(14-5-20(33-23(24)25)22(27)28-7-14)6-21(26)30-8-15-9-31(19(15)10-30)16-11-32-12-16/h5,7,13,15-17,19,23,26H,2-4,6,8-12H2,1H3,(H2,27,28). The van der Waals surface area contributed by atoms with Gasteiger partial charge >= 0.3 is 6.61 Å². The third-order valence-corrected chi connectivity index (χ3v) is 7.42. The van der Waals surface area contributed by atoms with E-state index in [4.69, 9.17) is 20.9 Å². The van der Waals surface area contributed by atoms with Crippen molar-refractivity contribution in [3.8, 4) is 5.75 Å². The van der Waals surface area contributed by atoms with E-state index in [1.165, 1.54) is 6.07 Å². The largest absolute Gasteiger partial charge is 0.431 e. The second-order valence-corrected chi connectivity index (χ2v) is 9.62. The third kappa shape index (κ3) is 4.68. The number of aliphatic imine (C=N–C) groups is 1. The van der Waals surface area contributed by atoms with E-state index in [0.717, 1.165) is 52.1 Å². The van der Waals surface area contributed by atoms with E-state index in [0.29, 0.717) is 47.5 Å². The number of hydrogen-bond donors (Lipinski definition) is 2. The van der Waals surface area contributed by atoms with Crippen LogP contribution in [0.1, 0.15) is 38.2 Å². The summed E-state index contributed by atoms with van der Waals surface area (Å²) in [6, 6.07) is 2.65. The molecule has 3 atom stereocenters. The Morgan fingerprint density at radius 1 is 1.33 bits per heavy atom. The third-order valence-electron chi connectivity index (χ3n) is 7.42. The quantitative estimate of drug-likeness (QED) is 0.432. The van der Waals surface area contributed by atoms with E-state index >= 15 is 0 Å². The van der Waals surface area contributed by atoms with Gasteiger partial charge in [0.05, 0.1) is 31.0 Å². The molecule has 1 saturated carbocycles. The molecule has 1 aromatic heterocycles. The molecular formula is C23H32F2N6O2. The predicted molar refractivity (Wildman–Crippen MR) is 121 cm³/mol. The Morgan fingerprint density at radius 3 is 2.76 bits per heavy atom. The van der Waals surface area contributed by atoms with E-state index in [1.54, 1.807) is 6.20 Å². The minimum Gasteiger partial charge on any atom is -0.431 e. The van der Waals surface area contributed by atoms with Gasteiger partial charge in [-0.25, -0.2) is 4.98 Å². The van der Waals surface area contributed by atoms with Gasteiger partial charge in [0, 0.05) is 49.8 Å². The molecule has 0 spiro atoms. The van der Waals surface area contributed by atoms with Gasteiger partial charge in [-0.3, -0.25) is 15.3 Å². The molecule has 10 heteroatoms. The number of nitrogen functional groups attached to an aromatic ring is 1. The average molecular weight is 463 g/mol. The summed E-state index contributed by atoms with van der Waals surface area (Å²) in [6.07, 6.45) is 5.09. The highest BCUT2D eigenvalue weighted by molar-refractivity contribution is 6.11. The summed E-state index contributed by atoms with van der Waals surface area (Å²) in [7, 11) is 0. The van der Waals surface area contributed by atoms with Crippen LogP contribution in [0.15, 0.2) is 17.3 Å². The number of fused-ring (bicyclic) bond motifs is 1. The maximum absolute atomic E-state index is 12.8. The van der Waals surface area contributed by atoms with Crippen molar-refractivity contribution >= 4 is 17.4 Å². The summed E-state index contributed by atoms with van der Waals surface area (Å²) < 4.78 is 35.6. The first-order valence-corrected chi connectivity index (χ1v) is 11.9. The molecule has 3 aliphatic heterocycles. The number of nitrogens with zero attached hydrogens (tertiary/aromatic N) is 4. The molecule has 33 heavy (non-hydrogen) atoms. The predicted octanol–water partition coefficient (Wildman–Crippen LogP) is 2.63. The fraction of sp³-hybridized carbons (Fsp3) is 0.696. The first kappa shape index (κ1) is 22.5. The normalized spacial score (nSPS) is 26.7. The number of anilines is 1. The lowest BCUT2D eigenvalue weighted by atomic mass is 9.89. The number of nitrogens with one attached hydrogen (secondary N) is 1. The number of aromatic nitrogens is 1. The maximum Gasteiger partial charge on any atom is 0.387 e. The molecule has 3 saturated heterocycles. The van der Waals surface area contributed by atoms with Crippen LogP contribution in [-0.4, -0.2) is 83.9 Å². The molecule has 0 aromatic carbocycles. The Balaban J connectivity index is 1.33. The van der Waals surface area contributed by atoms with Gasteiger partial charge < -0.3 is 20.1 Å². The van der Waals surface area contributed by atoms with Gasteiger partial charge in [0.1, 0.15) is 5.84 Å². The second kappa shape index (κ2) is 9.13. The van der Waals surface area contributed by atoms with Gasteiger partial charge in [0.15, 0.2) is 11.6 Å². The van der Waals surface area contributed by atoms with Crippen molar-refractivity contribution in [2.24, 2.45) is 16.8 Å². The van der Waals surface area contributed by atoms with Crippen LogP contribution in [0.4, 0.5) is 14.6 Å². The van der Waals surface area contributed by atoms with Crippen molar-refractivity contribution in [2.45, 2.75) is 57.3 Å². The number of likely N-dealkylation sites (tertiary alicyclic amines) is 2. The van der Waals surface area contributed by atoms with E-state index in [2.05, 4.69) is 26.4 Å². The smallest absolute Gasteiger partial charge is 0.387 e. The van der Waals surface area contributed by atoms with Crippen molar-refractivity contribution in [3.63, 3.8) is 0 Å². The summed E-state index contributed by atoms with van der Waals surface area (Å²) in [5.41, 5.74) is 7.01. The molecule has 4 heterocycles. The van der Waals surface area contributed by atoms with Crippen LogP contribution >= 0.6 is 0 Å². The Labute approximate surface area is 192 Å². The lowest BCUT2D eigenvalue weighted by Gasteiger charge is -2.50. The van der Waals surface area contributed by atoms with Crippen LogP contribution in [0.5, 0.6) is 5.75 Å². The summed E-state index contributed by atoms with van der Waals surface area (Å²) in [6.45, 7) is 3.53. The first-order chi connectivity index (χ1) is 15.9. The fourth-order valence-electron chi connectivity index (χ4n) is 5.24. The number of ether oxygens (including phenoxy) is 2. The molecule has 0 radical (unpaired) electrons. The SMILES string of the molecule is CCC(N=C(CC(=N)N1CC2CN(C3COC3)C2C1)c1cnc(N)c(OC(F)F)c1)C1CC1. The number of hydrogen-bond acceptors (Lipinski definition) is 7. The fourth-order valence-corrected chi connectivity index (χ4v) is 5.24. The molecule has 4 aliphatic rings. The molecule has 8 nitrogen and oxygen atoms in total. The van der Waals surface area contributed by atoms with Crippen LogP contribution in [0.3, 0.4) is 0 Å². The van der Waals surface area contributed by atoms with Crippen molar-refractivity contribution in [1.82, 2.24) is 14.8 Å². The van der Waals surface area contributed by atoms with Crippen molar-refractivity contribution in [2.75, 3.05) is 38.6 Å². The van der Waals surface area contributed by atoms with Crippen LogP contribution in [-0.2, 0) is 4.74 Å².